The Kier molecular flexibility index (Phi) is 55.1. The maximum absolute atomic E-state index is 13.5. The van der Waals surface area contributed by atoms with E-state index in [0.29, 0.717) is 23.9 Å². The Bertz CT molecular complexity index is 1880. The molecule has 3 unspecified atom stereocenters. The molecule has 1 amide bonds. The lowest BCUT2D eigenvalue weighted by molar-refractivity contribution is -0.870. The van der Waals surface area contributed by atoms with E-state index in [0.717, 1.165) is 103 Å². The highest BCUT2D eigenvalue weighted by molar-refractivity contribution is 7.45. The van der Waals surface area contributed by atoms with Crippen LogP contribution in [0, 0.1) is 0 Å². The van der Waals surface area contributed by atoms with Crippen molar-refractivity contribution in [1.82, 2.24) is 5.32 Å². The second kappa shape index (κ2) is 58.1. The van der Waals surface area contributed by atoms with Crippen molar-refractivity contribution in [3.8, 4) is 0 Å². The molecule has 0 aliphatic rings. The molecular weight excluding hydrogens is 1010 g/mol. The molecular formula is C70H117N2O7P. The zero-order valence-electron chi connectivity index (χ0n) is 51.7. The molecule has 0 aromatic carbocycles. The standard InChI is InChI=1S/C70H117N2O7P/c1-7-10-13-16-19-22-25-28-30-32-33-34-35-36-37-38-39-41-43-45-48-51-54-57-60-63-70(74)79-68(61-58-55-52-49-46-27-24-21-18-15-12-9-3)67(66-78-80(75,76)77-65-64-72(4,5)6)71-69(73)62-59-56-53-50-47-44-42-40-31-29-26-23-20-17-14-11-8-2/h10-11,13-14,17,19-20,22-23,26,28-31,33-34,36-37,40,42,44,47,58,61,67-68H,7-9,12,15-16,18,21,24-25,27,32,35,38-39,41,43,45-46,48-57,59-60,62-66H2,1-6H3,(H-,71,73,75,76)/b13-10-,14-11-,20-17+,22-19-,26-23+,30-28-,31-29-,34-33-,37-36-,42-40+,47-44+,61-58-. The van der Waals surface area contributed by atoms with Gasteiger partial charge in [0.25, 0.3) is 7.82 Å². The highest BCUT2D eigenvalue weighted by Gasteiger charge is 2.27. The summed E-state index contributed by atoms with van der Waals surface area (Å²) in [5, 5.41) is 3.00. The molecule has 0 fully saturated rings. The summed E-state index contributed by atoms with van der Waals surface area (Å²) < 4.78 is 30.3. The van der Waals surface area contributed by atoms with E-state index in [1.54, 1.807) is 0 Å². The van der Waals surface area contributed by atoms with Gasteiger partial charge >= 0.3 is 5.97 Å². The van der Waals surface area contributed by atoms with Crippen LogP contribution in [0.5, 0.6) is 0 Å². The largest absolute Gasteiger partial charge is 0.756 e. The number of nitrogens with zero attached hydrogens (tertiary/aromatic N) is 1. The number of quaternary nitrogens is 1. The number of unbranched alkanes of at least 4 members (excludes halogenated alkanes) is 22. The van der Waals surface area contributed by atoms with Crippen molar-refractivity contribution in [3.05, 3.63) is 146 Å². The van der Waals surface area contributed by atoms with E-state index in [9.17, 15) is 19.0 Å². The third kappa shape index (κ3) is 58.5. The highest BCUT2D eigenvalue weighted by Crippen LogP contribution is 2.38. The first-order valence-corrected chi connectivity index (χ1v) is 33.2. The fraction of sp³-hybridized carbons (Fsp3) is 0.629. The van der Waals surface area contributed by atoms with Crippen molar-refractivity contribution in [2.24, 2.45) is 0 Å². The van der Waals surface area contributed by atoms with Crippen molar-refractivity contribution in [2.45, 2.75) is 245 Å². The average Bonchev–Trinajstić information content (AvgIpc) is 3.42. The summed E-state index contributed by atoms with van der Waals surface area (Å²) in [5.41, 5.74) is 0. The Morgan fingerprint density at radius 1 is 0.463 bits per heavy atom. The molecule has 9 nitrogen and oxygen atoms in total. The first-order valence-electron chi connectivity index (χ1n) is 31.7. The summed E-state index contributed by atoms with van der Waals surface area (Å²) in [6, 6.07) is -0.925. The molecule has 10 heteroatoms. The molecule has 0 spiro atoms. The van der Waals surface area contributed by atoms with Gasteiger partial charge in [-0.2, -0.15) is 0 Å². The van der Waals surface area contributed by atoms with Gasteiger partial charge in [0, 0.05) is 12.8 Å². The summed E-state index contributed by atoms with van der Waals surface area (Å²) in [6.45, 7) is 6.52. The van der Waals surface area contributed by atoms with Gasteiger partial charge in [-0.05, 0) is 96.0 Å². The summed E-state index contributed by atoms with van der Waals surface area (Å²) in [5.74, 6) is -0.610. The van der Waals surface area contributed by atoms with Crippen molar-refractivity contribution >= 4 is 19.7 Å². The van der Waals surface area contributed by atoms with Crippen LogP contribution in [0.2, 0.25) is 0 Å². The zero-order valence-corrected chi connectivity index (χ0v) is 52.6. The quantitative estimate of drug-likeness (QED) is 0.0161. The maximum Gasteiger partial charge on any atom is 0.306 e. The minimum absolute atomic E-state index is 0.0410. The lowest BCUT2D eigenvalue weighted by Gasteiger charge is -2.30. The van der Waals surface area contributed by atoms with Crippen LogP contribution in [-0.4, -0.2) is 69.4 Å². The molecule has 0 aromatic heterocycles. The number of allylic oxidation sites excluding steroid dienone is 23. The molecule has 1 N–H and O–H groups in total. The fourth-order valence-corrected chi connectivity index (χ4v) is 9.07. The lowest BCUT2D eigenvalue weighted by Crippen LogP contribution is -2.47. The van der Waals surface area contributed by atoms with Crippen LogP contribution < -0.4 is 10.2 Å². The van der Waals surface area contributed by atoms with Gasteiger partial charge in [-0.25, -0.2) is 0 Å². The molecule has 3 atom stereocenters. The van der Waals surface area contributed by atoms with Gasteiger partial charge in [-0.3, -0.25) is 14.2 Å². The van der Waals surface area contributed by atoms with Crippen LogP contribution in [0.25, 0.3) is 0 Å². The van der Waals surface area contributed by atoms with E-state index >= 15 is 0 Å². The number of carbonyl (C=O) groups excluding carboxylic acids is 2. The normalized spacial score (nSPS) is 14.6. The summed E-state index contributed by atoms with van der Waals surface area (Å²) >= 11 is 0. The molecule has 0 saturated carbocycles. The minimum Gasteiger partial charge on any atom is -0.756 e. The predicted molar refractivity (Wildman–Crippen MR) is 343 cm³/mol. The number of hydrogen-bond acceptors (Lipinski definition) is 7. The first kappa shape index (κ1) is 75.9. The van der Waals surface area contributed by atoms with E-state index in [-0.39, 0.29) is 31.3 Å². The molecule has 80 heavy (non-hydrogen) atoms. The topological polar surface area (TPSA) is 114 Å². The van der Waals surface area contributed by atoms with Gasteiger partial charge in [0.1, 0.15) is 19.3 Å². The summed E-state index contributed by atoms with van der Waals surface area (Å²) in [4.78, 5) is 40.0. The Morgan fingerprint density at radius 3 is 1.36 bits per heavy atom. The van der Waals surface area contributed by atoms with Gasteiger partial charge in [0.05, 0.1) is 33.8 Å². The molecule has 0 bridgehead atoms. The van der Waals surface area contributed by atoms with Gasteiger partial charge < -0.3 is 28.5 Å². The molecule has 0 aliphatic carbocycles. The highest BCUT2D eigenvalue weighted by atomic mass is 31.2. The van der Waals surface area contributed by atoms with E-state index in [1.165, 1.54) is 83.5 Å². The second-order valence-electron chi connectivity index (χ2n) is 21.9. The fourth-order valence-electron chi connectivity index (χ4n) is 8.34. The van der Waals surface area contributed by atoms with Crippen LogP contribution in [-0.2, 0) is 27.9 Å². The maximum atomic E-state index is 13.5. The van der Waals surface area contributed by atoms with Gasteiger partial charge in [-0.1, -0.05) is 270 Å². The molecule has 0 saturated heterocycles. The number of ether oxygens (including phenoxy) is 1. The van der Waals surface area contributed by atoms with Crippen LogP contribution >= 0.6 is 7.82 Å². The van der Waals surface area contributed by atoms with E-state index < -0.39 is 26.6 Å². The SMILES string of the molecule is CC\C=C/C=C/C=C/C=C\C=C\C=C\CCCCCC(=O)NC(COP(=O)([O-])OCC[N+](C)(C)C)C(/C=C\CCCCCCCCCCCC)OC(=O)CCCCCCCCCCC/C=C\C/C=C\C/C=C\C/C=C\C/C=C\CC. The number of phosphoric acid groups is 1. The van der Waals surface area contributed by atoms with Crippen LogP contribution in [0.1, 0.15) is 233 Å². The number of nitrogens with one attached hydrogen (secondary N) is 1. The van der Waals surface area contributed by atoms with Crippen molar-refractivity contribution in [1.29, 1.82) is 0 Å². The van der Waals surface area contributed by atoms with Crippen molar-refractivity contribution in [2.75, 3.05) is 40.9 Å². The summed E-state index contributed by atoms with van der Waals surface area (Å²) in [6.07, 6.45) is 83.9. The Hall–Kier alpha value is -4.11. The second-order valence-corrected chi connectivity index (χ2v) is 23.4. The Labute approximate surface area is 491 Å². The van der Waals surface area contributed by atoms with Gasteiger partial charge in [0.15, 0.2) is 0 Å². The number of hydrogen-bond donors (Lipinski definition) is 1. The number of likely N-dealkylation sites (N-methyl/N-ethyl adjacent to an activating group) is 1. The average molecular weight is 1130 g/mol. The summed E-state index contributed by atoms with van der Waals surface area (Å²) in [7, 11) is 1.13. The van der Waals surface area contributed by atoms with Crippen LogP contribution in [0.4, 0.5) is 0 Å². The lowest BCUT2D eigenvalue weighted by atomic mass is 10.0. The van der Waals surface area contributed by atoms with Gasteiger partial charge in [0.2, 0.25) is 5.91 Å². The zero-order chi connectivity index (χ0) is 58.6. The number of esters is 1. The molecule has 0 aliphatic heterocycles. The Balaban J connectivity index is 5.27. The van der Waals surface area contributed by atoms with Crippen molar-refractivity contribution < 1.29 is 37.3 Å². The first-order chi connectivity index (χ1) is 38.9. The van der Waals surface area contributed by atoms with Crippen molar-refractivity contribution in [3.63, 3.8) is 0 Å². The molecule has 0 heterocycles. The number of phosphoric ester groups is 1. The van der Waals surface area contributed by atoms with E-state index in [2.05, 4.69) is 99.0 Å². The predicted octanol–water partition coefficient (Wildman–Crippen LogP) is 19.2. The van der Waals surface area contributed by atoms with Crippen LogP contribution in [0.3, 0.4) is 0 Å². The van der Waals surface area contributed by atoms with Gasteiger partial charge in [-0.15, -0.1) is 0 Å². The number of rotatable bonds is 55. The third-order valence-corrected chi connectivity index (χ3v) is 14.1. The minimum atomic E-state index is -4.72. The number of amides is 1. The molecule has 0 aromatic rings. The van der Waals surface area contributed by atoms with E-state index in [1.807, 2.05) is 94.1 Å². The molecule has 0 rings (SSSR count). The smallest absolute Gasteiger partial charge is 0.306 e. The number of carbonyl (C=O) groups is 2. The van der Waals surface area contributed by atoms with Crippen LogP contribution in [0.15, 0.2) is 146 Å². The molecule has 0 radical (unpaired) electrons. The van der Waals surface area contributed by atoms with E-state index in [4.69, 9.17) is 13.8 Å². The molecule has 454 valence electrons. The third-order valence-electron chi connectivity index (χ3n) is 13.2. The monoisotopic (exact) mass is 1130 g/mol. The Morgan fingerprint density at radius 2 is 0.863 bits per heavy atom.